The van der Waals surface area contributed by atoms with E-state index in [9.17, 15) is 14.0 Å². The van der Waals surface area contributed by atoms with Gasteiger partial charge in [-0.25, -0.2) is 9.18 Å². The summed E-state index contributed by atoms with van der Waals surface area (Å²) in [4.78, 5) is 23.9. The standard InChI is InChI=1S/C18H23FN2O4/c1-3-24-16(22)11-12-21(15-9-10-15)20-17(18(23)25-4-2)13-5-7-14(19)8-6-13/h5-8,15H,3-4,9-12H2,1-2H3. The summed E-state index contributed by atoms with van der Waals surface area (Å²) in [6.45, 7) is 4.36. The van der Waals surface area contributed by atoms with Crippen LogP contribution in [0.5, 0.6) is 0 Å². The van der Waals surface area contributed by atoms with E-state index >= 15 is 0 Å². The molecule has 1 aromatic rings. The molecule has 0 aliphatic heterocycles. The van der Waals surface area contributed by atoms with Crippen LogP contribution in [0.15, 0.2) is 29.4 Å². The predicted molar refractivity (Wildman–Crippen MR) is 90.5 cm³/mol. The van der Waals surface area contributed by atoms with Crippen molar-refractivity contribution in [3.63, 3.8) is 0 Å². The third-order valence-electron chi connectivity index (χ3n) is 3.63. The fourth-order valence-electron chi connectivity index (χ4n) is 2.28. The molecule has 25 heavy (non-hydrogen) atoms. The van der Waals surface area contributed by atoms with Gasteiger partial charge in [0.25, 0.3) is 0 Å². The molecule has 2 rings (SSSR count). The van der Waals surface area contributed by atoms with Crippen molar-refractivity contribution in [1.82, 2.24) is 5.01 Å². The summed E-state index contributed by atoms with van der Waals surface area (Å²) in [5, 5.41) is 6.16. The van der Waals surface area contributed by atoms with Crippen molar-refractivity contribution in [3.8, 4) is 0 Å². The van der Waals surface area contributed by atoms with Gasteiger partial charge >= 0.3 is 11.9 Å². The number of carbonyl (C=O) groups excluding carboxylic acids is 2. The number of hydrogen-bond donors (Lipinski definition) is 0. The number of carbonyl (C=O) groups is 2. The van der Waals surface area contributed by atoms with Gasteiger partial charge in [-0.2, -0.15) is 5.10 Å². The summed E-state index contributed by atoms with van der Waals surface area (Å²) in [5.74, 6) is -1.27. The lowest BCUT2D eigenvalue weighted by Gasteiger charge is -2.20. The summed E-state index contributed by atoms with van der Waals surface area (Å²) in [6, 6.07) is 5.71. The Balaban J connectivity index is 2.21. The van der Waals surface area contributed by atoms with E-state index in [1.54, 1.807) is 18.9 Å². The third kappa shape index (κ3) is 5.85. The Labute approximate surface area is 146 Å². The van der Waals surface area contributed by atoms with Gasteiger partial charge in [0.1, 0.15) is 5.82 Å². The van der Waals surface area contributed by atoms with Gasteiger partial charge in [0.2, 0.25) is 0 Å². The van der Waals surface area contributed by atoms with E-state index in [1.807, 2.05) is 0 Å². The van der Waals surface area contributed by atoms with E-state index in [-0.39, 0.29) is 30.8 Å². The first kappa shape index (κ1) is 18.9. The molecule has 0 amide bonds. The van der Waals surface area contributed by atoms with Crippen LogP contribution in [-0.2, 0) is 19.1 Å². The van der Waals surface area contributed by atoms with Crippen LogP contribution in [0.4, 0.5) is 4.39 Å². The molecule has 0 aromatic heterocycles. The van der Waals surface area contributed by atoms with Crippen LogP contribution in [-0.4, -0.2) is 48.5 Å². The van der Waals surface area contributed by atoms with Crippen molar-refractivity contribution < 1.29 is 23.5 Å². The molecule has 0 saturated heterocycles. The minimum absolute atomic E-state index is 0.109. The van der Waals surface area contributed by atoms with E-state index < -0.39 is 11.8 Å². The number of ether oxygens (including phenoxy) is 2. The number of benzene rings is 1. The third-order valence-corrected chi connectivity index (χ3v) is 3.63. The average Bonchev–Trinajstić information content (AvgIpc) is 3.41. The smallest absolute Gasteiger partial charge is 0.359 e. The molecule has 0 N–H and O–H groups in total. The van der Waals surface area contributed by atoms with E-state index in [2.05, 4.69) is 5.10 Å². The molecule has 0 spiro atoms. The summed E-state index contributed by atoms with van der Waals surface area (Å²) < 4.78 is 23.2. The zero-order valence-corrected chi connectivity index (χ0v) is 14.5. The van der Waals surface area contributed by atoms with E-state index in [1.165, 1.54) is 24.3 Å². The summed E-state index contributed by atoms with van der Waals surface area (Å²) >= 11 is 0. The Kier molecular flexibility index (Phi) is 6.91. The van der Waals surface area contributed by atoms with Gasteiger partial charge in [0.05, 0.1) is 19.6 Å². The monoisotopic (exact) mass is 350 g/mol. The van der Waals surface area contributed by atoms with Crippen LogP contribution in [0.3, 0.4) is 0 Å². The highest BCUT2D eigenvalue weighted by molar-refractivity contribution is 6.43. The molecule has 136 valence electrons. The maximum atomic E-state index is 13.2. The average molecular weight is 350 g/mol. The van der Waals surface area contributed by atoms with Crippen LogP contribution in [0, 0.1) is 5.82 Å². The lowest BCUT2D eigenvalue weighted by molar-refractivity contribution is -0.143. The molecule has 0 unspecified atom stereocenters. The molecule has 0 bridgehead atoms. The number of rotatable bonds is 9. The van der Waals surface area contributed by atoms with Crippen LogP contribution < -0.4 is 0 Å². The molecule has 0 atom stereocenters. The number of halogens is 1. The lowest BCUT2D eigenvalue weighted by atomic mass is 10.1. The number of esters is 2. The van der Waals surface area contributed by atoms with E-state index in [0.717, 1.165) is 12.8 Å². The molecule has 1 aromatic carbocycles. The Morgan fingerprint density at radius 3 is 2.36 bits per heavy atom. The number of nitrogens with zero attached hydrogens (tertiary/aromatic N) is 2. The highest BCUT2D eigenvalue weighted by Gasteiger charge is 2.30. The summed E-state index contributed by atoms with van der Waals surface area (Å²) in [7, 11) is 0. The van der Waals surface area contributed by atoms with Gasteiger partial charge in [-0.3, -0.25) is 9.80 Å². The minimum atomic E-state index is -0.573. The Bertz CT molecular complexity index is 626. The molecule has 7 heteroatoms. The lowest BCUT2D eigenvalue weighted by Crippen LogP contribution is -2.29. The summed E-state index contributed by atoms with van der Waals surface area (Å²) in [6.07, 6.45) is 2.09. The van der Waals surface area contributed by atoms with Crippen molar-refractivity contribution in [2.75, 3.05) is 19.8 Å². The topological polar surface area (TPSA) is 68.2 Å². The highest BCUT2D eigenvalue weighted by atomic mass is 19.1. The normalized spacial score (nSPS) is 14.1. The Morgan fingerprint density at radius 1 is 1.16 bits per heavy atom. The predicted octanol–water partition coefficient (Wildman–Crippen LogP) is 2.51. The van der Waals surface area contributed by atoms with Gasteiger partial charge in [0, 0.05) is 18.2 Å². The quantitative estimate of drug-likeness (QED) is 0.389. The molecule has 0 radical (unpaired) electrons. The zero-order chi connectivity index (χ0) is 18.2. The molecular formula is C18H23FN2O4. The SMILES string of the molecule is CCOC(=O)CCN(N=C(C(=O)OCC)c1ccc(F)cc1)C1CC1. The molecule has 1 fully saturated rings. The van der Waals surface area contributed by atoms with Gasteiger partial charge in [-0.1, -0.05) is 0 Å². The van der Waals surface area contributed by atoms with Crippen LogP contribution >= 0.6 is 0 Å². The van der Waals surface area contributed by atoms with Gasteiger partial charge in [0.15, 0.2) is 5.71 Å². The van der Waals surface area contributed by atoms with Crippen LogP contribution in [0.1, 0.15) is 38.7 Å². The molecule has 1 saturated carbocycles. The van der Waals surface area contributed by atoms with Crippen LogP contribution in [0.2, 0.25) is 0 Å². The fourth-order valence-corrected chi connectivity index (χ4v) is 2.28. The van der Waals surface area contributed by atoms with Gasteiger partial charge in [-0.05, 0) is 51.0 Å². The number of hydrazone groups is 1. The highest BCUT2D eigenvalue weighted by Crippen LogP contribution is 2.27. The molecule has 1 aliphatic carbocycles. The molecule has 1 aliphatic rings. The summed E-state index contributed by atoms with van der Waals surface area (Å²) in [5.41, 5.74) is 0.583. The maximum Gasteiger partial charge on any atom is 0.359 e. The van der Waals surface area contributed by atoms with Crippen molar-refractivity contribution >= 4 is 17.7 Å². The zero-order valence-electron chi connectivity index (χ0n) is 14.5. The second kappa shape index (κ2) is 9.15. The second-order valence-corrected chi connectivity index (χ2v) is 5.63. The van der Waals surface area contributed by atoms with Crippen molar-refractivity contribution in [2.45, 2.75) is 39.2 Å². The largest absolute Gasteiger partial charge is 0.466 e. The molecule has 0 heterocycles. The van der Waals surface area contributed by atoms with Crippen molar-refractivity contribution in [2.24, 2.45) is 5.10 Å². The van der Waals surface area contributed by atoms with Crippen LogP contribution in [0.25, 0.3) is 0 Å². The first-order valence-electron chi connectivity index (χ1n) is 8.49. The van der Waals surface area contributed by atoms with Gasteiger partial charge in [-0.15, -0.1) is 0 Å². The van der Waals surface area contributed by atoms with Crippen molar-refractivity contribution in [3.05, 3.63) is 35.6 Å². The fraction of sp³-hybridized carbons (Fsp3) is 0.500. The Morgan fingerprint density at radius 2 is 1.80 bits per heavy atom. The van der Waals surface area contributed by atoms with E-state index in [0.29, 0.717) is 18.7 Å². The van der Waals surface area contributed by atoms with Crippen molar-refractivity contribution in [1.29, 1.82) is 0 Å². The Hall–Kier alpha value is -2.44. The first-order chi connectivity index (χ1) is 12.0. The maximum absolute atomic E-state index is 13.2. The minimum Gasteiger partial charge on any atom is -0.466 e. The second-order valence-electron chi connectivity index (χ2n) is 5.63. The first-order valence-corrected chi connectivity index (χ1v) is 8.49. The number of hydrogen-bond acceptors (Lipinski definition) is 6. The molecular weight excluding hydrogens is 327 g/mol. The van der Waals surface area contributed by atoms with E-state index in [4.69, 9.17) is 9.47 Å². The van der Waals surface area contributed by atoms with Gasteiger partial charge < -0.3 is 9.47 Å². The molecule has 6 nitrogen and oxygen atoms in total.